The third-order valence-electron chi connectivity index (χ3n) is 3.88. The topological polar surface area (TPSA) is 60.2 Å². The summed E-state index contributed by atoms with van der Waals surface area (Å²) >= 11 is 1.65. The fourth-order valence-corrected chi connectivity index (χ4v) is 3.11. The number of nitrogens with zero attached hydrogens (tertiary/aromatic N) is 1. The molecule has 0 fully saturated rings. The molecule has 0 unspecified atom stereocenters. The van der Waals surface area contributed by atoms with Gasteiger partial charge in [-0.1, -0.05) is 30.3 Å². The van der Waals surface area contributed by atoms with Crippen LogP contribution in [0.15, 0.2) is 84.5 Å². The predicted molar refractivity (Wildman–Crippen MR) is 114 cm³/mol. The molecule has 0 aliphatic carbocycles. The van der Waals surface area contributed by atoms with Crippen LogP contribution in [-0.2, 0) is 6.42 Å². The van der Waals surface area contributed by atoms with Gasteiger partial charge < -0.3 is 15.8 Å². The zero-order valence-electron chi connectivity index (χ0n) is 15.0. The standard InChI is InChI=1S/C22H23N3OS/c23-22(19-5-4-13-24-15-19)16-27-17-25-14-12-18-8-10-21(11-9-18)26-20-6-2-1-3-7-20/h1-11,13,15-16,25H,12,14,17,23H2/b22-16-. The Hall–Kier alpha value is -2.76. The maximum absolute atomic E-state index is 6.03. The molecule has 27 heavy (non-hydrogen) atoms. The second-order valence-corrected chi connectivity index (χ2v) is 6.79. The molecule has 3 aromatic rings. The van der Waals surface area contributed by atoms with E-state index in [0.717, 1.165) is 41.6 Å². The van der Waals surface area contributed by atoms with E-state index in [-0.39, 0.29) is 0 Å². The van der Waals surface area contributed by atoms with Crippen molar-refractivity contribution in [3.05, 3.63) is 95.7 Å². The van der Waals surface area contributed by atoms with E-state index in [1.165, 1.54) is 5.56 Å². The molecule has 0 aliphatic rings. The molecule has 0 bridgehead atoms. The number of benzene rings is 2. The molecule has 3 N–H and O–H groups in total. The van der Waals surface area contributed by atoms with Gasteiger partial charge in [0.05, 0.1) is 0 Å². The molecule has 0 spiro atoms. The summed E-state index contributed by atoms with van der Waals surface area (Å²) in [5.41, 5.74) is 8.99. The van der Waals surface area contributed by atoms with Crippen molar-refractivity contribution < 1.29 is 4.74 Å². The fourth-order valence-electron chi connectivity index (χ4n) is 2.45. The van der Waals surface area contributed by atoms with Crippen LogP contribution in [0.4, 0.5) is 0 Å². The minimum Gasteiger partial charge on any atom is -0.457 e. The minimum atomic E-state index is 0.740. The fraction of sp³-hybridized carbons (Fsp3) is 0.136. The van der Waals surface area contributed by atoms with Crippen molar-refractivity contribution in [3.8, 4) is 11.5 Å². The number of nitrogens with one attached hydrogen (secondary N) is 1. The molecular weight excluding hydrogens is 354 g/mol. The molecule has 0 amide bonds. The highest BCUT2D eigenvalue weighted by Crippen LogP contribution is 2.21. The average Bonchev–Trinajstić information content (AvgIpc) is 2.73. The lowest BCUT2D eigenvalue weighted by molar-refractivity contribution is 0.482. The van der Waals surface area contributed by atoms with Crippen molar-refractivity contribution in [1.82, 2.24) is 10.3 Å². The highest BCUT2D eigenvalue weighted by atomic mass is 32.2. The summed E-state index contributed by atoms with van der Waals surface area (Å²) in [6.45, 7) is 0.909. The lowest BCUT2D eigenvalue weighted by atomic mass is 10.1. The zero-order valence-corrected chi connectivity index (χ0v) is 15.9. The van der Waals surface area contributed by atoms with Crippen LogP contribution in [0.25, 0.3) is 5.70 Å². The molecular formula is C22H23N3OS. The molecule has 1 aromatic heterocycles. The number of pyridine rings is 1. The van der Waals surface area contributed by atoms with Gasteiger partial charge in [-0.3, -0.25) is 4.98 Å². The van der Waals surface area contributed by atoms with Crippen LogP contribution in [0, 0.1) is 0 Å². The highest BCUT2D eigenvalue weighted by Gasteiger charge is 1.98. The predicted octanol–water partition coefficient (Wildman–Crippen LogP) is 4.65. The van der Waals surface area contributed by atoms with E-state index in [9.17, 15) is 0 Å². The van der Waals surface area contributed by atoms with E-state index in [4.69, 9.17) is 10.5 Å². The number of para-hydroxylation sites is 1. The van der Waals surface area contributed by atoms with E-state index >= 15 is 0 Å². The Labute approximate surface area is 164 Å². The molecule has 0 atom stereocenters. The monoisotopic (exact) mass is 377 g/mol. The van der Waals surface area contributed by atoms with Gasteiger partial charge in [0.1, 0.15) is 11.5 Å². The molecule has 4 nitrogen and oxygen atoms in total. The van der Waals surface area contributed by atoms with Gasteiger partial charge in [-0.2, -0.15) is 0 Å². The first-order valence-electron chi connectivity index (χ1n) is 8.81. The lowest BCUT2D eigenvalue weighted by Gasteiger charge is -2.07. The summed E-state index contributed by atoms with van der Waals surface area (Å²) < 4.78 is 5.81. The Kier molecular flexibility index (Phi) is 7.33. The van der Waals surface area contributed by atoms with E-state index in [1.807, 2.05) is 60.0 Å². The van der Waals surface area contributed by atoms with Crippen LogP contribution in [0.5, 0.6) is 11.5 Å². The van der Waals surface area contributed by atoms with Crippen LogP contribution in [0.1, 0.15) is 11.1 Å². The molecule has 2 aromatic carbocycles. The summed E-state index contributed by atoms with van der Waals surface area (Å²) in [7, 11) is 0. The molecule has 0 saturated heterocycles. The van der Waals surface area contributed by atoms with Crippen molar-refractivity contribution in [2.75, 3.05) is 12.4 Å². The number of hydrogen-bond acceptors (Lipinski definition) is 5. The number of nitrogens with two attached hydrogens (primary N) is 1. The van der Waals surface area contributed by atoms with Crippen LogP contribution < -0.4 is 15.8 Å². The first-order chi connectivity index (χ1) is 13.3. The maximum atomic E-state index is 6.03. The van der Waals surface area contributed by atoms with Gasteiger partial charge in [0.25, 0.3) is 0 Å². The Morgan fingerprint density at radius 1 is 1.00 bits per heavy atom. The second kappa shape index (κ2) is 10.4. The van der Waals surface area contributed by atoms with Crippen molar-refractivity contribution in [3.63, 3.8) is 0 Å². The second-order valence-electron chi connectivity index (χ2n) is 5.93. The largest absolute Gasteiger partial charge is 0.457 e. The third-order valence-corrected chi connectivity index (χ3v) is 4.67. The smallest absolute Gasteiger partial charge is 0.127 e. The van der Waals surface area contributed by atoms with Crippen molar-refractivity contribution in [2.45, 2.75) is 6.42 Å². The quantitative estimate of drug-likeness (QED) is 0.420. The molecule has 3 rings (SSSR count). The molecule has 5 heteroatoms. The summed E-state index contributed by atoms with van der Waals surface area (Å²) in [5.74, 6) is 2.52. The van der Waals surface area contributed by atoms with Crippen LogP contribution in [0.2, 0.25) is 0 Å². The molecule has 0 saturated carbocycles. The number of thioether (sulfide) groups is 1. The molecule has 0 radical (unpaired) electrons. The normalized spacial score (nSPS) is 11.3. The summed E-state index contributed by atoms with van der Waals surface area (Å²) in [6.07, 6.45) is 4.48. The summed E-state index contributed by atoms with van der Waals surface area (Å²) in [5, 5.41) is 5.37. The van der Waals surface area contributed by atoms with Crippen molar-refractivity contribution in [2.24, 2.45) is 5.73 Å². The van der Waals surface area contributed by atoms with E-state index in [2.05, 4.69) is 22.4 Å². The van der Waals surface area contributed by atoms with Crippen LogP contribution in [-0.4, -0.2) is 17.4 Å². The molecule has 0 aliphatic heterocycles. The maximum Gasteiger partial charge on any atom is 0.127 e. The van der Waals surface area contributed by atoms with Gasteiger partial charge in [0.2, 0.25) is 0 Å². The number of hydrogen-bond donors (Lipinski definition) is 2. The van der Waals surface area contributed by atoms with E-state index in [0.29, 0.717) is 0 Å². The Balaban J connectivity index is 1.36. The van der Waals surface area contributed by atoms with Gasteiger partial charge in [-0.05, 0) is 60.3 Å². The van der Waals surface area contributed by atoms with E-state index < -0.39 is 0 Å². The summed E-state index contributed by atoms with van der Waals surface area (Å²) in [4.78, 5) is 4.07. The van der Waals surface area contributed by atoms with Crippen molar-refractivity contribution in [1.29, 1.82) is 0 Å². The van der Waals surface area contributed by atoms with Crippen LogP contribution in [0.3, 0.4) is 0 Å². The van der Waals surface area contributed by atoms with Gasteiger partial charge >= 0.3 is 0 Å². The molecule has 1 heterocycles. The van der Waals surface area contributed by atoms with E-state index in [1.54, 1.807) is 24.2 Å². The molecule has 138 valence electrons. The van der Waals surface area contributed by atoms with Crippen LogP contribution >= 0.6 is 11.8 Å². The minimum absolute atomic E-state index is 0.740. The average molecular weight is 378 g/mol. The Bertz CT molecular complexity index is 836. The first kappa shape index (κ1) is 19.0. The third kappa shape index (κ3) is 6.47. The van der Waals surface area contributed by atoms with Gasteiger partial charge in [-0.25, -0.2) is 0 Å². The Morgan fingerprint density at radius 2 is 1.78 bits per heavy atom. The van der Waals surface area contributed by atoms with Gasteiger partial charge in [0.15, 0.2) is 0 Å². The lowest BCUT2D eigenvalue weighted by Crippen LogP contribution is -2.16. The highest BCUT2D eigenvalue weighted by molar-refractivity contribution is 8.02. The van der Waals surface area contributed by atoms with Gasteiger partial charge in [-0.15, -0.1) is 11.8 Å². The number of ether oxygens (including phenoxy) is 1. The number of rotatable bonds is 9. The Morgan fingerprint density at radius 3 is 2.52 bits per heavy atom. The van der Waals surface area contributed by atoms with Crippen molar-refractivity contribution >= 4 is 17.5 Å². The van der Waals surface area contributed by atoms with Gasteiger partial charge in [0, 0.05) is 29.5 Å². The summed E-state index contributed by atoms with van der Waals surface area (Å²) in [6, 6.07) is 21.9. The SMILES string of the molecule is N/C(=C\SCNCCc1ccc(Oc2ccccc2)cc1)c1cccnc1. The zero-order chi connectivity index (χ0) is 18.7. The first-order valence-corrected chi connectivity index (χ1v) is 9.86. The number of aromatic nitrogens is 1.